The Hall–Kier alpha value is -1.29. The van der Waals surface area contributed by atoms with E-state index >= 15 is 0 Å². The van der Waals surface area contributed by atoms with Crippen LogP contribution in [0, 0.1) is 0 Å². The van der Waals surface area contributed by atoms with Gasteiger partial charge in [-0.2, -0.15) is 5.10 Å². The van der Waals surface area contributed by atoms with E-state index in [4.69, 9.17) is 5.73 Å². The van der Waals surface area contributed by atoms with Crippen LogP contribution in [-0.4, -0.2) is 9.78 Å². The lowest BCUT2D eigenvalue weighted by Gasteiger charge is -2.02. The lowest BCUT2D eigenvalue weighted by Crippen LogP contribution is -1.97. The molecular weight excluding hydrogens is 266 g/mol. The van der Waals surface area contributed by atoms with Crippen molar-refractivity contribution in [1.29, 1.82) is 0 Å². The Morgan fingerprint density at radius 2 is 1.95 bits per heavy atom. The van der Waals surface area contributed by atoms with Gasteiger partial charge in [0.15, 0.2) is 0 Å². The minimum Gasteiger partial charge on any atom is -0.383 e. The predicted octanol–water partition coefficient (Wildman–Crippen LogP) is 4.63. The molecule has 0 spiro atoms. The van der Waals surface area contributed by atoms with Crippen LogP contribution in [0.15, 0.2) is 17.5 Å². The van der Waals surface area contributed by atoms with Crippen LogP contribution in [0.5, 0.6) is 0 Å². The Kier molecular flexibility index (Phi) is 5.65. The van der Waals surface area contributed by atoms with Gasteiger partial charge >= 0.3 is 0 Å². The third-order valence-electron chi connectivity index (χ3n) is 3.70. The standard InChI is InChI=1S/C16H25N3S/c1-3-4-5-6-7-8-10-13-15(14-11-9-12-20-14)16(17)19(2)18-13/h9,11-12H,3-8,10,17H2,1-2H3. The molecule has 0 saturated carbocycles. The van der Waals surface area contributed by atoms with E-state index < -0.39 is 0 Å². The van der Waals surface area contributed by atoms with E-state index in [9.17, 15) is 0 Å². The zero-order valence-corrected chi connectivity index (χ0v) is 13.4. The third kappa shape index (κ3) is 3.63. The van der Waals surface area contributed by atoms with Gasteiger partial charge in [0.2, 0.25) is 0 Å². The van der Waals surface area contributed by atoms with Crippen LogP contribution in [0.25, 0.3) is 10.4 Å². The number of nitrogens with two attached hydrogens (primary N) is 1. The molecule has 0 amide bonds. The molecule has 2 aromatic rings. The highest BCUT2D eigenvalue weighted by Gasteiger charge is 2.15. The van der Waals surface area contributed by atoms with Crippen molar-refractivity contribution < 1.29 is 0 Å². The lowest BCUT2D eigenvalue weighted by molar-refractivity contribution is 0.601. The maximum absolute atomic E-state index is 6.17. The van der Waals surface area contributed by atoms with Crippen LogP contribution < -0.4 is 5.73 Å². The molecule has 0 atom stereocenters. The molecule has 2 rings (SSSR count). The molecule has 0 aliphatic heterocycles. The summed E-state index contributed by atoms with van der Waals surface area (Å²) in [6.07, 6.45) is 8.89. The maximum atomic E-state index is 6.17. The minimum absolute atomic E-state index is 0.786. The summed E-state index contributed by atoms with van der Waals surface area (Å²) in [7, 11) is 1.93. The van der Waals surface area contributed by atoms with Crippen LogP contribution in [0.1, 0.15) is 51.1 Å². The second-order valence-corrected chi connectivity index (χ2v) is 6.27. The Labute approximate surface area is 125 Å². The van der Waals surface area contributed by atoms with E-state index in [2.05, 4.69) is 29.5 Å². The zero-order chi connectivity index (χ0) is 14.4. The minimum atomic E-state index is 0.786. The van der Waals surface area contributed by atoms with Crippen molar-refractivity contribution in [2.75, 3.05) is 5.73 Å². The number of hydrogen-bond donors (Lipinski definition) is 1. The number of nitrogens with zero attached hydrogens (tertiary/aromatic N) is 2. The fourth-order valence-corrected chi connectivity index (χ4v) is 3.33. The first kappa shape index (κ1) is 15.1. The average molecular weight is 291 g/mol. The normalized spacial score (nSPS) is 11.1. The molecule has 2 aromatic heterocycles. The summed E-state index contributed by atoms with van der Waals surface area (Å²) in [4.78, 5) is 1.23. The molecule has 0 saturated heterocycles. The number of unbranched alkanes of at least 4 members (excludes halogenated alkanes) is 5. The average Bonchev–Trinajstić information content (AvgIpc) is 3.04. The molecule has 0 fully saturated rings. The van der Waals surface area contributed by atoms with Gasteiger partial charge in [0.1, 0.15) is 5.82 Å². The van der Waals surface area contributed by atoms with Crippen molar-refractivity contribution in [3.05, 3.63) is 23.2 Å². The molecule has 3 nitrogen and oxygen atoms in total. The first-order chi connectivity index (χ1) is 9.74. The second-order valence-electron chi connectivity index (χ2n) is 5.33. The van der Waals surface area contributed by atoms with E-state index in [1.54, 1.807) is 11.3 Å². The summed E-state index contributed by atoms with van der Waals surface area (Å²) in [5, 5.41) is 6.69. The molecule has 4 heteroatoms. The van der Waals surface area contributed by atoms with Crippen LogP contribution in [-0.2, 0) is 13.5 Å². The second kappa shape index (κ2) is 7.48. The zero-order valence-electron chi connectivity index (χ0n) is 12.6. The maximum Gasteiger partial charge on any atom is 0.130 e. The van der Waals surface area contributed by atoms with Gasteiger partial charge in [0.25, 0.3) is 0 Å². The largest absolute Gasteiger partial charge is 0.383 e. The fraction of sp³-hybridized carbons (Fsp3) is 0.562. The van der Waals surface area contributed by atoms with E-state index in [-0.39, 0.29) is 0 Å². The van der Waals surface area contributed by atoms with Crippen LogP contribution in [0.4, 0.5) is 5.82 Å². The summed E-state index contributed by atoms with van der Waals surface area (Å²) in [6, 6.07) is 4.20. The first-order valence-electron chi connectivity index (χ1n) is 7.59. The number of hydrogen-bond acceptors (Lipinski definition) is 3. The summed E-state index contributed by atoms with van der Waals surface area (Å²) in [5.41, 5.74) is 8.48. The predicted molar refractivity (Wildman–Crippen MR) is 88.0 cm³/mol. The van der Waals surface area contributed by atoms with Crippen molar-refractivity contribution in [3.8, 4) is 10.4 Å². The van der Waals surface area contributed by atoms with Gasteiger partial charge in [-0.3, -0.25) is 4.68 Å². The van der Waals surface area contributed by atoms with Gasteiger partial charge in [0, 0.05) is 11.9 Å². The van der Waals surface area contributed by atoms with Crippen molar-refractivity contribution in [2.45, 2.75) is 51.9 Å². The van der Waals surface area contributed by atoms with Gasteiger partial charge in [-0.15, -0.1) is 11.3 Å². The molecular formula is C16H25N3S. The smallest absolute Gasteiger partial charge is 0.130 e. The Bertz CT molecular complexity index is 514. The van der Waals surface area contributed by atoms with E-state index in [0.717, 1.165) is 23.5 Å². The van der Waals surface area contributed by atoms with Crippen molar-refractivity contribution in [1.82, 2.24) is 9.78 Å². The molecule has 0 bridgehead atoms. The number of nitrogen functional groups attached to an aromatic ring is 1. The van der Waals surface area contributed by atoms with Gasteiger partial charge in [-0.25, -0.2) is 0 Å². The molecule has 0 aromatic carbocycles. The Balaban J connectivity index is 1.96. The first-order valence-corrected chi connectivity index (χ1v) is 8.47. The summed E-state index contributed by atoms with van der Waals surface area (Å²) >= 11 is 1.73. The molecule has 0 radical (unpaired) electrons. The lowest BCUT2D eigenvalue weighted by atomic mass is 10.1. The van der Waals surface area contributed by atoms with Crippen LogP contribution in [0.2, 0.25) is 0 Å². The summed E-state index contributed by atoms with van der Waals surface area (Å²) in [6.45, 7) is 2.25. The summed E-state index contributed by atoms with van der Waals surface area (Å²) < 4.78 is 1.81. The number of thiophene rings is 1. The quantitative estimate of drug-likeness (QED) is 0.720. The molecule has 110 valence electrons. The molecule has 2 N–H and O–H groups in total. The highest BCUT2D eigenvalue weighted by molar-refractivity contribution is 7.13. The number of aromatic nitrogens is 2. The van der Waals surface area contributed by atoms with Gasteiger partial charge < -0.3 is 5.73 Å². The van der Waals surface area contributed by atoms with Gasteiger partial charge in [-0.05, 0) is 24.3 Å². The molecule has 2 heterocycles. The number of rotatable bonds is 8. The summed E-state index contributed by atoms with van der Waals surface area (Å²) in [5.74, 6) is 0.786. The van der Waals surface area contributed by atoms with E-state index in [0.29, 0.717) is 0 Å². The topological polar surface area (TPSA) is 43.8 Å². The Morgan fingerprint density at radius 1 is 1.20 bits per heavy atom. The number of aryl methyl sites for hydroxylation is 2. The molecule has 0 aliphatic carbocycles. The number of anilines is 1. The SMILES string of the molecule is CCCCCCCCc1nn(C)c(N)c1-c1cccs1. The van der Waals surface area contributed by atoms with E-state index in [1.165, 1.54) is 43.4 Å². The van der Waals surface area contributed by atoms with Gasteiger partial charge in [-0.1, -0.05) is 45.1 Å². The molecule has 0 aliphatic rings. The van der Waals surface area contributed by atoms with Crippen LogP contribution >= 0.6 is 11.3 Å². The van der Waals surface area contributed by atoms with Crippen molar-refractivity contribution >= 4 is 17.2 Å². The van der Waals surface area contributed by atoms with Crippen LogP contribution in [0.3, 0.4) is 0 Å². The fourth-order valence-electron chi connectivity index (χ4n) is 2.53. The monoisotopic (exact) mass is 291 g/mol. The molecule has 0 unspecified atom stereocenters. The highest BCUT2D eigenvalue weighted by atomic mass is 32.1. The van der Waals surface area contributed by atoms with Crippen molar-refractivity contribution in [3.63, 3.8) is 0 Å². The van der Waals surface area contributed by atoms with E-state index in [1.807, 2.05) is 11.7 Å². The van der Waals surface area contributed by atoms with Crippen molar-refractivity contribution in [2.24, 2.45) is 7.05 Å². The third-order valence-corrected chi connectivity index (χ3v) is 4.59. The highest BCUT2D eigenvalue weighted by Crippen LogP contribution is 2.33. The van der Waals surface area contributed by atoms with Gasteiger partial charge in [0.05, 0.1) is 11.3 Å². The Morgan fingerprint density at radius 3 is 2.65 bits per heavy atom. The molecule has 20 heavy (non-hydrogen) atoms.